The van der Waals surface area contributed by atoms with Gasteiger partial charge in [-0.3, -0.25) is 4.79 Å². The van der Waals surface area contributed by atoms with Gasteiger partial charge in [0.2, 0.25) is 0 Å². The lowest BCUT2D eigenvalue weighted by Crippen LogP contribution is -2.47. The molecule has 0 aromatic carbocycles. The Morgan fingerprint density at radius 2 is 2.12 bits per heavy atom. The van der Waals surface area contributed by atoms with Gasteiger partial charge >= 0.3 is 6.18 Å². The van der Waals surface area contributed by atoms with Crippen molar-refractivity contribution in [1.29, 1.82) is 0 Å². The molecule has 0 saturated carbocycles. The van der Waals surface area contributed by atoms with Crippen LogP contribution in [0, 0.1) is 5.41 Å². The maximum Gasteiger partial charge on any atom is 0.422 e. The van der Waals surface area contributed by atoms with Gasteiger partial charge in [0.15, 0.2) is 18.1 Å². The Bertz CT molecular complexity index is 570. The summed E-state index contributed by atoms with van der Waals surface area (Å²) in [5.41, 5.74) is -0.356. The van der Waals surface area contributed by atoms with Crippen LogP contribution >= 0.6 is 0 Å². The topological polar surface area (TPSA) is 72.5 Å². The number of carbonyl (C=O) groups is 1. The van der Waals surface area contributed by atoms with Crippen LogP contribution in [0.2, 0.25) is 0 Å². The molecule has 1 amide bonds. The summed E-state index contributed by atoms with van der Waals surface area (Å²) in [5, 5.41) is 6.01. The Morgan fingerprint density at radius 1 is 1.40 bits per heavy atom. The van der Waals surface area contributed by atoms with Gasteiger partial charge in [-0.25, -0.2) is 4.98 Å². The van der Waals surface area contributed by atoms with Crippen molar-refractivity contribution < 1.29 is 27.4 Å². The highest BCUT2D eigenvalue weighted by atomic mass is 19.4. The third-order valence-corrected chi connectivity index (χ3v) is 4.12. The number of nitrogens with one attached hydrogen (secondary N) is 2. The van der Waals surface area contributed by atoms with E-state index in [1.54, 1.807) is 7.11 Å². The molecule has 1 aromatic heterocycles. The maximum atomic E-state index is 12.4. The Balaban J connectivity index is 2.02. The number of hydrogen-bond donors (Lipinski definition) is 2. The van der Waals surface area contributed by atoms with E-state index < -0.39 is 18.7 Å². The largest absolute Gasteiger partial charge is 0.482 e. The fraction of sp³-hybridized carbons (Fsp3) is 0.625. The van der Waals surface area contributed by atoms with Crippen LogP contribution in [0.1, 0.15) is 23.3 Å². The molecule has 140 valence electrons. The van der Waals surface area contributed by atoms with Crippen molar-refractivity contribution in [3.63, 3.8) is 0 Å². The Hall–Kier alpha value is -1.87. The molecule has 9 heteroatoms. The highest BCUT2D eigenvalue weighted by molar-refractivity contribution is 5.94. The van der Waals surface area contributed by atoms with Crippen LogP contribution in [0.15, 0.2) is 18.3 Å². The number of pyridine rings is 1. The van der Waals surface area contributed by atoms with Gasteiger partial charge in [-0.15, -0.1) is 0 Å². The number of methoxy groups -OCH3 is 1. The fourth-order valence-corrected chi connectivity index (χ4v) is 2.82. The van der Waals surface area contributed by atoms with Crippen molar-refractivity contribution in [2.24, 2.45) is 5.41 Å². The van der Waals surface area contributed by atoms with Crippen LogP contribution in [0.5, 0.6) is 5.75 Å². The van der Waals surface area contributed by atoms with E-state index in [0.717, 1.165) is 25.9 Å². The first kappa shape index (κ1) is 19.5. The summed E-state index contributed by atoms with van der Waals surface area (Å²) < 4.78 is 47.0. The van der Waals surface area contributed by atoms with Gasteiger partial charge in [0.25, 0.3) is 5.91 Å². The van der Waals surface area contributed by atoms with Gasteiger partial charge in [-0.05, 0) is 38.1 Å². The van der Waals surface area contributed by atoms with E-state index in [1.807, 2.05) is 0 Å². The molecule has 2 heterocycles. The minimum absolute atomic E-state index is 0.159. The molecule has 2 N–H and O–H groups in total. The molecule has 0 bridgehead atoms. The Kier molecular flexibility index (Phi) is 6.60. The first-order valence-corrected chi connectivity index (χ1v) is 7.98. The predicted octanol–water partition coefficient (Wildman–Crippen LogP) is 1.77. The maximum absolute atomic E-state index is 12.4. The van der Waals surface area contributed by atoms with Crippen molar-refractivity contribution >= 4 is 5.91 Å². The molecular formula is C16H22F3N3O3. The monoisotopic (exact) mass is 361 g/mol. The quantitative estimate of drug-likeness (QED) is 0.774. The second kappa shape index (κ2) is 8.48. The molecule has 0 aliphatic carbocycles. The van der Waals surface area contributed by atoms with E-state index in [4.69, 9.17) is 9.47 Å². The number of carbonyl (C=O) groups excluding carboxylic acids is 1. The van der Waals surface area contributed by atoms with E-state index in [-0.39, 0.29) is 16.9 Å². The fourth-order valence-electron chi connectivity index (χ4n) is 2.82. The SMILES string of the molecule is COCC1(CNC(=O)c2ncccc2OCC(F)(F)F)CCNCC1. The molecule has 0 spiro atoms. The number of ether oxygens (including phenoxy) is 2. The molecule has 1 fully saturated rings. The zero-order valence-corrected chi connectivity index (χ0v) is 14.0. The van der Waals surface area contributed by atoms with Gasteiger partial charge in [0, 0.05) is 25.3 Å². The van der Waals surface area contributed by atoms with E-state index in [9.17, 15) is 18.0 Å². The molecule has 1 aliphatic rings. The highest BCUT2D eigenvalue weighted by Crippen LogP contribution is 2.28. The van der Waals surface area contributed by atoms with Crippen molar-refractivity contribution in [2.75, 3.05) is 40.0 Å². The summed E-state index contributed by atoms with van der Waals surface area (Å²) in [7, 11) is 1.60. The standard InChI is InChI=1S/C16H22F3N3O3/c1-24-10-15(4-7-20-8-5-15)9-22-14(23)13-12(3-2-6-21-13)25-11-16(17,18)19/h2-3,6,20H,4-5,7-11H2,1H3,(H,22,23). The zero-order chi connectivity index (χ0) is 18.3. The summed E-state index contributed by atoms with van der Waals surface area (Å²) in [5.74, 6) is -0.754. The molecule has 0 atom stereocenters. The van der Waals surface area contributed by atoms with Crippen molar-refractivity contribution in [3.05, 3.63) is 24.0 Å². The second-order valence-electron chi connectivity index (χ2n) is 6.12. The van der Waals surface area contributed by atoms with E-state index in [1.165, 1.54) is 18.3 Å². The predicted molar refractivity (Wildman–Crippen MR) is 84.5 cm³/mol. The lowest BCUT2D eigenvalue weighted by atomic mass is 9.79. The Labute approximate surface area is 144 Å². The molecule has 2 rings (SSSR count). The summed E-state index contributed by atoms with van der Waals surface area (Å²) in [6, 6.07) is 2.71. The van der Waals surface area contributed by atoms with Crippen LogP contribution in [-0.4, -0.2) is 57.0 Å². The third kappa shape index (κ3) is 5.86. The van der Waals surface area contributed by atoms with Crippen molar-refractivity contribution in [2.45, 2.75) is 19.0 Å². The minimum Gasteiger partial charge on any atom is -0.482 e. The average molecular weight is 361 g/mol. The number of piperidine rings is 1. The number of rotatable bonds is 7. The van der Waals surface area contributed by atoms with Crippen LogP contribution in [-0.2, 0) is 4.74 Å². The molecule has 25 heavy (non-hydrogen) atoms. The normalized spacial score (nSPS) is 17.1. The number of halogens is 3. The van der Waals surface area contributed by atoms with Crippen LogP contribution < -0.4 is 15.4 Å². The van der Waals surface area contributed by atoms with Gasteiger partial charge < -0.3 is 20.1 Å². The van der Waals surface area contributed by atoms with Crippen LogP contribution in [0.4, 0.5) is 13.2 Å². The van der Waals surface area contributed by atoms with Gasteiger partial charge in [-0.1, -0.05) is 0 Å². The zero-order valence-electron chi connectivity index (χ0n) is 14.0. The number of amides is 1. The lowest BCUT2D eigenvalue weighted by Gasteiger charge is -2.37. The van der Waals surface area contributed by atoms with Crippen molar-refractivity contribution in [3.8, 4) is 5.75 Å². The van der Waals surface area contributed by atoms with E-state index in [2.05, 4.69) is 15.6 Å². The summed E-state index contributed by atoms with van der Waals surface area (Å²) in [4.78, 5) is 16.3. The van der Waals surface area contributed by atoms with Crippen LogP contribution in [0.3, 0.4) is 0 Å². The van der Waals surface area contributed by atoms with Gasteiger partial charge in [-0.2, -0.15) is 13.2 Å². The number of alkyl halides is 3. The number of nitrogens with zero attached hydrogens (tertiary/aromatic N) is 1. The summed E-state index contributed by atoms with van der Waals surface area (Å²) in [6.07, 6.45) is -1.48. The highest BCUT2D eigenvalue weighted by Gasteiger charge is 2.33. The second-order valence-corrected chi connectivity index (χ2v) is 6.12. The molecule has 1 saturated heterocycles. The number of aromatic nitrogens is 1. The lowest BCUT2D eigenvalue weighted by molar-refractivity contribution is -0.153. The average Bonchev–Trinajstić information content (AvgIpc) is 2.59. The molecule has 6 nitrogen and oxygen atoms in total. The van der Waals surface area contributed by atoms with Gasteiger partial charge in [0.1, 0.15) is 0 Å². The van der Waals surface area contributed by atoms with E-state index >= 15 is 0 Å². The first-order valence-electron chi connectivity index (χ1n) is 7.98. The molecule has 1 aromatic rings. The smallest absolute Gasteiger partial charge is 0.422 e. The van der Waals surface area contributed by atoms with E-state index in [0.29, 0.717) is 13.2 Å². The molecule has 1 aliphatic heterocycles. The summed E-state index contributed by atoms with van der Waals surface area (Å²) in [6.45, 7) is 1.02. The summed E-state index contributed by atoms with van der Waals surface area (Å²) >= 11 is 0. The molecule has 0 unspecified atom stereocenters. The third-order valence-electron chi connectivity index (χ3n) is 4.12. The number of hydrogen-bond acceptors (Lipinski definition) is 5. The van der Waals surface area contributed by atoms with Gasteiger partial charge in [0.05, 0.1) is 6.61 Å². The molecule has 0 radical (unpaired) electrons. The first-order chi connectivity index (χ1) is 11.9. The minimum atomic E-state index is -4.48. The Morgan fingerprint density at radius 3 is 2.76 bits per heavy atom. The van der Waals surface area contributed by atoms with Crippen LogP contribution in [0.25, 0.3) is 0 Å². The molecular weight excluding hydrogens is 339 g/mol. The van der Waals surface area contributed by atoms with Crippen molar-refractivity contribution in [1.82, 2.24) is 15.6 Å².